The summed E-state index contributed by atoms with van der Waals surface area (Å²) in [5.74, 6) is 0.107. The number of nitrogens with zero attached hydrogens (tertiary/aromatic N) is 2. The molecule has 224 valence electrons. The molecule has 0 saturated carbocycles. The zero-order valence-corrected chi connectivity index (χ0v) is 26.3. The van der Waals surface area contributed by atoms with Crippen molar-refractivity contribution in [1.29, 1.82) is 0 Å². The van der Waals surface area contributed by atoms with E-state index in [1.54, 1.807) is 37.3 Å². The lowest BCUT2D eigenvalue weighted by atomic mass is 9.89. The molecule has 3 aromatic carbocycles. The molecular formula is C32H36ClFN2O4S2. The molecule has 0 unspecified atom stereocenters. The molecule has 10 heteroatoms. The molecule has 0 aromatic heterocycles. The molecule has 0 N–H and O–H groups in total. The predicted octanol–water partition coefficient (Wildman–Crippen LogP) is 6.23. The van der Waals surface area contributed by atoms with Gasteiger partial charge in [0.05, 0.1) is 27.1 Å². The lowest BCUT2D eigenvalue weighted by Crippen LogP contribution is -2.42. The molecule has 3 aromatic rings. The Kier molecular flexibility index (Phi) is 9.13. The van der Waals surface area contributed by atoms with Crippen molar-refractivity contribution >= 4 is 48.8 Å². The predicted molar refractivity (Wildman–Crippen MR) is 169 cm³/mol. The van der Waals surface area contributed by atoms with E-state index in [1.165, 1.54) is 10.4 Å². The number of benzene rings is 3. The molecule has 2 aliphatic heterocycles. The number of halogens is 2. The van der Waals surface area contributed by atoms with Crippen molar-refractivity contribution in [3.8, 4) is 0 Å². The topological polar surface area (TPSA) is 74.8 Å². The van der Waals surface area contributed by atoms with Crippen LogP contribution >= 0.6 is 11.6 Å². The van der Waals surface area contributed by atoms with Crippen molar-refractivity contribution in [2.75, 3.05) is 42.0 Å². The highest BCUT2D eigenvalue weighted by molar-refractivity contribution is 7.92. The number of aryl methyl sites for hydroxylation is 1. The zero-order chi connectivity index (χ0) is 30.1. The lowest BCUT2D eigenvalue weighted by molar-refractivity contribution is 0.279. The first kappa shape index (κ1) is 30.7. The summed E-state index contributed by atoms with van der Waals surface area (Å²) in [5, 5.41) is 0.319. The Morgan fingerprint density at radius 3 is 2.52 bits per heavy atom. The van der Waals surface area contributed by atoms with Gasteiger partial charge in [-0.25, -0.2) is 21.2 Å². The summed E-state index contributed by atoms with van der Waals surface area (Å²) >= 11 is 6.29. The number of sulfonamides is 1. The Balaban J connectivity index is 1.43. The number of anilines is 1. The molecule has 2 aliphatic rings. The van der Waals surface area contributed by atoms with E-state index in [0.717, 1.165) is 42.5 Å². The van der Waals surface area contributed by atoms with Crippen molar-refractivity contribution in [2.24, 2.45) is 5.92 Å². The van der Waals surface area contributed by atoms with Crippen molar-refractivity contribution < 1.29 is 21.2 Å². The van der Waals surface area contributed by atoms with Gasteiger partial charge in [-0.3, -0.25) is 4.31 Å². The molecule has 0 bridgehead atoms. The molecule has 1 atom stereocenters. The maximum atomic E-state index is 14.6. The van der Waals surface area contributed by atoms with Gasteiger partial charge in [0.25, 0.3) is 10.0 Å². The Bertz CT molecular complexity index is 1690. The number of fused-ring (bicyclic) bond motifs is 1. The number of sulfone groups is 1. The third kappa shape index (κ3) is 6.91. The van der Waals surface area contributed by atoms with Crippen LogP contribution in [0.2, 0.25) is 5.02 Å². The van der Waals surface area contributed by atoms with Gasteiger partial charge in [-0.05, 0) is 98.2 Å². The first-order chi connectivity index (χ1) is 19.9. The van der Waals surface area contributed by atoms with Gasteiger partial charge < -0.3 is 4.90 Å². The van der Waals surface area contributed by atoms with Crippen LogP contribution in [-0.4, -0.2) is 59.4 Å². The van der Waals surface area contributed by atoms with Crippen LogP contribution < -0.4 is 4.31 Å². The summed E-state index contributed by atoms with van der Waals surface area (Å²) < 4.78 is 67.7. The highest BCUT2D eigenvalue weighted by Gasteiger charge is 2.33. The largest absolute Gasteiger partial charge is 0.301 e. The zero-order valence-electron chi connectivity index (χ0n) is 23.9. The van der Waals surface area contributed by atoms with Crippen LogP contribution in [0.15, 0.2) is 65.6 Å². The van der Waals surface area contributed by atoms with Gasteiger partial charge in [0.1, 0.15) is 5.82 Å². The Labute approximate surface area is 253 Å². The van der Waals surface area contributed by atoms with Crippen LogP contribution in [0.25, 0.3) is 11.6 Å². The highest BCUT2D eigenvalue weighted by Crippen LogP contribution is 2.37. The standard InChI is InChI=1S/C32H36ClFN2O4S2/c1-23-6-3-8-28(18-23)42(39,40)36-22-26(7-5-13-35-14-16-41(37,38)17-15-35)20-27-12-11-25(21-31(27)36)19-24(2)32-29(33)9-4-10-30(32)34/h3-4,6,8-12,18-19,21,26H,5,7,13-17,20,22H2,1-2H3/b24-19+/t26-/m1/s1. The van der Waals surface area contributed by atoms with Crippen LogP contribution in [0, 0.1) is 18.7 Å². The Hall–Kier alpha value is -2.72. The molecule has 2 heterocycles. The monoisotopic (exact) mass is 630 g/mol. The Morgan fingerprint density at radius 2 is 1.81 bits per heavy atom. The van der Waals surface area contributed by atoms with Crippen LogP contribution in [-0.2, 0) is 26.3 Å². The second-order valence-corrected chi connectivity index (χ2v) is 15.9. The van der Waals surface area contributed by atoms with Crippen molar-refractivity contribution in [2.45, 2.75) is 38.0 Å². The van der Waals surface area contributed by atoms with E-state index >= 15 is 0 Å². The molecule has 0 aliphatic carbocycles. The summed E-state index contributed by atoms with van der Waals surface area (Å²) in [4.78, 5) is 2.43. The van der Waals surface area contributed by atoms with Gasteiger partial charge in [-0.2, -0.15) is 0 Å². The van der Waals surface area contributed by atoms with Gasteiger partial charge in [-0.1, -0.05) is 48.0 Å². The maximum absolute atomic E-state index is 14.6. The number of hydrogen-bond acceptors (Lipinski definition) is 5. The van der Waals surface area contributed by atoms with E-state index in [-0.39, 0.29) is 22.3 Å². The average Bonchev–Trinajstić information content (AvgIpc) is 2.93. The molecule has 0 amide bonds. The third-order valence-electron chi connectivity index (χ3n) is 8.15. The van der Waals surface area contributed by atoms with Crippen LogP contribution in [0.5, 0.6) is 0 Å². The third-order valence-corrected chi connectivity index (χ3v) is 11.9. The van der Waals surface area contributed by atoms with Gasteiger partial charge in [-0.15, -0.1) is 0 Å². The fourth-order valence-electron chi connectivity index (χ4n) is 5.88. The first-order valence-electron chi connectivity index (χ1n) is 14.2. The first-order valence-corrected chi connectivity index (χ1v) is 17.8. The van der Waals surface area contributed by atoms with Crippen LogP contribution in [0.3, 0.4) is 0 Å². The van der Waals surface area contributed by atoms with Crippen LogP contribution in [0.1, 0.15) is 42.0 Å². The molecule has 42 heavy (non-hydrogen) atoms. The SMILES string of the molecule is C/C(=C\c1ccc2c(c1)N(S(=O)(=O)c1cccc(C)c1)C[C@H](CCCN1CCS(=O)(=O)CC1)C2)c1c(F)cccc1Cl. The molecule has 1 saturated heterocycles. The van der Waals surface area contributed by atoms with Crippen molar-refractivity contribution in [3.63, 3.8) is 0 Å². The summed E-state index contributed by atoms with van der Waals surface area (Å²) in [6.45, 7) is 5.92. The molecule has 0 radical (unpaired) electrons. The van der Waals surface area contributed by atoms with E-state index in [2.05, 4.69) is 4.90 Å². The van der Waals surface area contributed by atoms with E-state index < -0.39 is 25.7 Å². The fraction of sp³-hybridized carbons (Fsp3) is 0.375. The van der Waals surface area contributed by atoms with E-state index in [0.29, 0.717) is 41.5 Å². The van der Waals surface area contributed by atoms with Gasteiger partial charge >= 0.3 is 0 Å². The minimum atomic E-state index is -3.85. The highest BCUT2D eigenvalue weighted by atomic mass is 35.5. The number of allylic oxidation sites excluding steroid dienone is 1. The lowest BCUT2D eigenvalue weighted by Gasteiger charge is -2.36. The molecule has 5 rings (SSSR count). The Morgan fingerprint density at radius 1 is 1.07 bits per heavy atom. The maximum Gasteiger partial charge on any atom is 0.264 e. The minimum absolute atomic E-state index is 0.117. The smallest absolute Gasteiger partial charge is 0.264 e. The van der Waals surface area contributed by atoms with Crippen molar-refractivity contribution in [1.82, 2.24) is 4.90 Å². The second-order valence-electron chi connectivity index (χ2n) is 11.4. The summed E-state index contributed by atoms with van der Waals surface area (Å²) in [6.07, 6.45) is 4.26. The summed E-state index contributed by atoms with van der Waals surface area (Å²) in [7, 11) is -6.77. The van der Waals surface area contributed by atoms with Crippen LogP contribution in [0.4, 0.5) is 10.1 Å². The number of hydrogen-bond donors (Lipinski definition) is 0. The van der Waals surface area contributed by atoms with E-state index in [4.69, 9.17) is 11.6 Å². The minimum Gasteiger partial charge on any atom is -0.301 e. The average molecular weight is 631 g/mol. The van der Waals surface area contributed by atoms with Gasteiger partial charge in [0.15, 0.2) is 9.84 Å². The van der Waals surface area contributed by atoms with E-state index in [1.807, 2.05) is 37.3 Å². The normalized spacial score (nSPS) is 19.5. The molecule has 1 fully saturated rings. The second kappa shape index (κ2) is 12.5. The fourth-order valence-corrected chi connectivity index (χ4v) is 9.15. The van der Waals surface area contributed by atoms with E-state index in [9.17, 15) is 21.2 Å². The van der Waals surface area contributed by atoms with Gasteiger partial charge in [0, 0.05) is 25.2 Å². The summed E-state index contributed by atoms with van der Waals surface area (Å²) in [6, 6.07) is 17.3. The quantitative estimate of drug-likeness (QED) is 0.276. The summed E-state index contributed by atoms with van der Waals surface area (Å²) in [5.41, 5.74) is 4.18. The number of rotatable bonds is 8. The molecule has 6 nitrogen and oxygen atoms in total. The molecular weight excluding hydrogens is 595 g/mol. The molecule has 0 spiro atoms. The van der Waals surface area contributed by atoms with Gasteiger partial charge in [0.2, 0.25) is 0 Å². The van der Waals surface area contributed by atoms with Crippen molar-refractivity contribution in [3.05, 3.63) is 93.8 Å².